The van der Waals surface area contributed by atoms with E-state index in [0.29, 0.717) is 5.56 Å². The van der Waals surface area contributed by atoms with Gasteiger partial charge in [-0.25, -0.2) is 0 Å². The highest BCUT2D eigenvalue weighted by molar-refractivity contribution is 5.96. The molecule has 0 aliphatic rings. The number of rotatable bonds is 1. The lowest BCUT2D eigenvalue weighted by atomic mass is 10.2. The summed E-state index contributed by atoms with van der Waals surface area (Å²) in [5.41, 5.74) is -0.668. The van der Waals surface area contributed by atoms with E-state index >= 15 is 0 Å². The molecule has 2 aromatic carbocycles. The molecule has 0 aliphatic carbocycles. The van der Waals surface area contributed by atoms with Crippen molar-refractivity contribution in [3.05, 3.63) is 80.9 Å². The van der Waals surface area contributed by atoms with Gasteiger partial charge >= 0.3 is 0 Å². The van der Waals surface area contributed by atoms with Crippen LogP contribution in [0.1, 0.15) is 10.4 Å². The number of carbonyl (C=O) groups is 1. The number of aromatic amines is 1. The molecule has 0 bridgehead atoms. The summed E-state index contributed by atoms with van der Waals surface area (Å²) in [6.07, 6.45) is 0. The largest absolute Gasteiger partial charge is 0.280 e. The average molecular weight is 266 g/mol. The van der Waals surface area contributed by atoms with Gasteiger partial charge in [-0.3, -0.25) is 19.5 Å². The topological polar surface area (TPSA) is 71.9 Å². The zero-order valence-corrected chi connectivity index (χ0v) is 10.4. The number of fused-ring (bicyclic) bond motifs is 1. The molecule has 0 radical (unpaired) electrons. The van der Waals surface area contributed by atoms with Crippen LogP contribution >= 0.6 is 0 Å². The lowest BCUT2D eigenvalue weighted by Gasteiger charge is -2.05. The Hall–Kier alpha value is -2.95. The van der Waals surface area contributed by atoms with Crippen LogP contribution in [0.3, 0.4) is 0 Å². The fraction of sp³-hybridized carbons (Fsp3) is 0. The monoisotopic (exact) mass is 266 g/mol. The number of benzene rings is 2. The van der Waals surface area contributed by atoms with E-state index in [2.05, 4.69) is 5.10 Å². The molecule has 0 amide bonds. The third-order valence-electron chi connectivity index (χ3n) is 3.04. The van der Waals surface area contributed by atoms with E-state index in [1.54, 1.807) is 48.5 Å². The fourth-order valence-electron chi connectivity index (χ4n) is 2.05. The van der Waals surface area contributed by atoms with Crippen LogP contribution in [-0.4, -0.2) is 15.7 Å². The standard InChI is InChI=1S/C15H10N2O3/c18-13-11-8-4-5-9-12(11)15(20)17(16-13)14(19)10-6-2-1-3-7-10/h1-9H,(H,16,18). The van der Waals surface area contributed by atoms with E-state index in [0.717, 1.165) is 4.68 Å². The maximum atomic E-state index is 12.3. The summed E-state index contributed by atoms with van der Waals surface area (Å²) in [5, 5.41) is 2.81. The van der Waals surface area contributed by atoms with Crippen molar-refractivity contribution in [2.45, 2.75) is 0 Å². The fourth-order valence-corrected chi connectivity index (χ4v) is 2.05. The van der Waals surface area contributed by atoms with Crippen LogP contribution in [0.4, 0.5) is 0 Å². The first kappa shape index (κ1) is 12.1. The molecule has 0 unspecified atom stereocenters. The summed E-state index contributed by atoms with van der Waals surface area (Å²) in [7, 11) is 0. The second-order valence-corrected chi connectivity index (χ2v) is 4.30. The molecule has 1 aromatic heterocycles. The van der Waals surface area contributed by atoms with Crippen molar-refractivity contribution in [3.63, 3.8) is 0 Å². The van der Waals surface area contributed by atoms with E-state index in [1.807, 2.05) is 0 Å². The molecule has 5 heteroatoms. The van der Waals surface area contributed by atoms with E-state index < -0.39 is 17.0 Å². The lowest BCUT2D eigenvalue weighted by Crippen LogP contribution is -2.34. The average Bonchev–Trinajstić information content (AvgIpc) is 2.51. The highest BCUT2D eigenvalue weighted by Crippen LogP contribution is 2.04. The predicted octanol–water partition coefficient (Wildman–Crippen LogP) is 1.38. The molecular weight excluding hydrogens is 256 g/mol. The van der Waals surface area contributed by atoms with Crippen LogP contribution < -0.4 is 11.1 Å². The van der Waals surface area contributed by atoms with Crippen molar-refractivity contribution in [2.24, 2.45) is 0 Å². The maximum absolute atomic E-state index is 12.3. The number of hydrogen-bond donors (Lipinski definition) is 1. The normalized spacial score (nSPS) is 10.6. The van der Waals surface area contributed by atoms with Crippen molar-refractivity contribution in [1.82, 2.24) is 9.78 Å². The van der Waals surface area contributed by atoms with E-state index in [1.165, 1.54) is 6.07 Å². The lowest BCUT2D eigenvalue weighted by molar-refractivity contribution is 0.0939. The first-order chi connectivity index (χ1) is 9.68. The second kappa shape index (κ2) is 4.62. The van der Waals surface area contributed by atoms with Gasteiger partial charge < -0.3 is 0 Å². The van der Waals surface area contributed by atoms with Gasteiger partial charge in [-0.05, 0) is 24.3 Å². The summed E-state index contributed by atoms with van der Waals surface area (Å²) >= 11 is 0. The quantitative estimate of drug-likeness (QED) is 0.723. The van der Waals surface area contributed by atoms with Crippen molar-refractivity contribution in [1.29, 1.82) is 0 Å². The van der Waals surface area contributed by atoms with Crippen LogP contribution in [0.15, 0.2) is 64.2 Å². The van der Waals surface area contributed by atoms with Gasteiger partial charge in [0.25, 0.3) is 17.0 Å². The van der Waals surface area contributed by atoms with E-state index in [-0.39, 0.29) is 10.8 Å². The van der Waals surface area contributed by atoms with Gasteiger partial charge in [-0.1, -0.05) is 30.3 Å². The third-order valence-corrected chi connectivity index (χ3v) is 3.04. The van der Waals surface area contributed by atoms with Crippen molar-refractivity contribution >= 4 is 16.7 Å². The molecule has 98 valence electrons. The third kappa shape index (κ3) is 1.85. The molecule has 20 heavy (non-hydrogen) atoms. The molecule has 0 fully saturated rings. The highest BCUT2D eigenvalue weighted by atomic mass is 16.2. The molecule has 3 aromatic rings. The zero-order valence-electron chi connectivity index (χ0n) is 10.4. The molecule has 0 saturated carbocycles. The van der Waals surface area contributed by atoms with Gasteiger partial charge in [0, 0.05) is 5.56 Å². The van der Waals surface area contributed by atoms with Crippen LogP contribution in [0.2, 0.25) is 0 Å². The molecule has 5 nitrogen and oxygen atoms in total. The Labute approximate surface area is 113 Å². The van der Waals surface area contributed by atoms with Crippen LogP contribution in [-0.2, 0) is 0 Å². The molecule has 3 rings (SSSR count). The Morgan fingerprint density at radius 2 is 1.45 bits per heavy atom. The van der Waals surface area contributed by atoms with Gasteiger partial charge in [-0.2, -0.15) is 4.68 Å². The van der Waals surface area contributed by atoms with Gasteiger partial charge in [0.2, 0.25) is 0 Å². The summed E-state index contributed by atoms with van der Waals surface area (Å²) in [4.78, 5) is 36.4. The minimum Gasteiger partial charge on any atom is -0.267 e. The minimum absolute atomic E-state index is 0.223. The molecule has 0 aliphatic heterocycles. The molecule has 1 heterocycles. The van der Waals surface area contributed by atoms with Crippen LogP contribution in [0.25, 0.3) is 10.8 Å². The highest BCUT2D eigenvalue weighted by Gasteiger charge is 2.13. The minimum atomic E-state index is -0.557. The van der Waals surface area contributed by atoms with Crippen LogP contribution in [0.5, 0.6) is 0 Å². The first-order valence-electron chi connectivity index (χ1n) is 6.02. The van der Waals surface area contributed by atoms with Crippen molar-refractivity contribution in [2.75, 3.05) is 0 Å². The second-order valence-electron chi connectivity index (χ2n) is 4.30. The van der Waals surface area contributed by atoms with Gasteiger partial charge in [-0.15, -0.1) is 0 Å². The summed E-state index contributed by atoms with van der Waals surface area (Å²) in [5.74, 6) is -0.557. The Balaban J connectivity index is 2.29. The van der Waals surface area contributed by atoms with Gasteiger partial charge in [0.05, 0.1) is 10.8 Å². The smallest absolute Gasteiger partial charge is 0.267 e. The SMILES string of the molecule is O=C(c1ccccc1)n1[nH]c(=O)c2ccccc2c1=O. The zero-order chi connectivity index (χ0) is 14.1. The molecular formula is C15H10N2O3. The Bertz CT molecular complexity index is 908. The summed E-state index contributed by atoms with van der Waals surface area (Å²) in [6.45, 7) is 0. The van der Waals surface area contributed by atoms with Gasteiger partial charge in [0.15, 0.2) is 0 Å². The first-order valence-corrected chi connectivity index (χ1v) is 6.02. The maximum Gasteiger partial charge on any atom is 0.280 e. The number of aromatic nitrogens is 2. The Morgan fingerprint density at radius 1 is 0.850 bits per heavy atom. The Kier molecular flexibility index (Phi) is 2.80. The van der Waals surface area contributed by atoms with E-state index in [9.17, 15) is 14.4 Å². The van der Waals surface area contributed by atoms with E-state index in [4.69, 9.17) is 0 Å². The molecule has 1 N–H and O–H groups in total. The number of carbonyl (C=O) groups excluding carboxylic acids is 1. The number of H-pyrrole nitrogens is 1. The molecule has 0 spiro atoms. The van der Waals surface area contributed by atoms with Crippen molar-refractivity contribution in [3.8, 4) is 0 Å². The number of nitrogens with one attached hydrogen (secondary N) is 1. The number of hydrogen-bond acceptors (Lipinski definition) is 3. The summed E-state index contributed by atoms with van der Waals surface area (Å²) in [6, 6.07) is 14.7. The van der Waals surface area contributed by atoms with Crippen LogP contribution in [0, 0.1) is 0 Å². The number of nitrogens with zero attached hydrogens (tertiary/aromatic N) is 1. The van der Waals surface area contributed by atoms with Gasteiger partial charge in [0.1, 0.15) is 0 Å². The summed E-state index contributed by atoms with van der Waals surface area (Å²) < 4.78 is 0.750. The predicted molar refractivity (Wildman–Crippen MR) is 75.0 cm³/mol. The molecule has 0 saturated heterocycles. The Morgan fingerprint density at radius 3 is 2.15 bits per heavy atom. The van der Waals surface area contributed by atoms with Crippen molar-refractivity contribution < 1.29 is 4.79 Å². The molecule has 0 atom stereocenters.